The molecule has 118 valence electrons. The normalized spacial score (nSPS) is 17.9. The van der Waals surface area contributed by atoms with Gasteiger partial charge in [0.25, 0.3) is 0 Å². The Bertz CT molecular complexity index is 430. The molecule has 0 spiro atoms. The van der Waals surface area contributed by atoms with Crippen LogP contribution in [0.3, 0.4) is 0 Å². The first-order valence-corrected chi connectivity index (χ1v) is 8.19. The van der Waals surface area contributed by atoms with E-state index < -0.39 is 0 Å². The predicted octanol–water partition coefficient (Wildman–Crippen LogP) is 2.96. The highest BCUT2D eigenvalue weighted by molar-refractivity contribution is 5.25. The molecule has 0 amide bonds. The number of nitrogens with two attached hydrogens (primary N) is 1. The van der Waals surface area contributed by atoms with Crippen LogP contribution in [0, 0.1) is 0 Å². The number of hydrogen-bond acceptors (Lipinski definition) is 4. The lowest BCUT2D eigenvalue weighted by atomic mass is 9.80. The van der Waals surface area contributed by atoms with Crippen molar-refractivity contribution in [3.8, 4) is 5.88 Å². The van der Waals surface area contributed by atoms with Crippen molar-refractivity contribution < 1.29 is 4.74 Å². The van der Waals surface area contributed by atoms with Crippen LogP contribution in [-0.2, 0) is 6.54 Å². The molecule has 1 aromatic heterocycles. The van der Waals surface area contributed by atoms with Crippen LogP contribution in [0.25, 0.3) is 0 Å². The fourth-order valence-electron chi connectivity index (χ4n) is 3.55. The van der Waals surface area contributed by atoms with E-state index in [9.17, 15) is 0 Å². The topological polar surface area (TPSA) is 51.4 Å². The number of pyridine rings is 1. The second kappa shape index (κ2) is 7.76. The van der Waals surface area contributed by atoms with Gasteiger partial charge in [0.05, 0.1) is 7.11 Å². The molecule has 1 aliphatic carbocycles. The zero-order valence-corrected chi connectivity index (χ0v) is 13.5. The minimum absolute atomic E-state index is 0.162. The number of aromatic nitrogens is 1. The van der Waals surface area contributed by atoms with Crippen molar-refractivity contribution in [2.24, 2.45) is 5.73 Å². The van der Waals surface area contributed by atoms with Crippen LogP contribution < -0.4 is 10.5 Å². The largest absolute Gasteiger partial charge is 0.481 e. The van der Waals surface area contributed by atoms with Crippen LogP contribution in [0.5, 0.6) is 5.88 Å². The highest BCUT2D eigenvalue weighted by Gasteiger charge is 2.36. The lowest BCUT2D eigenvalue weighted by Crippen LogP contribution is -2.54. The van der Waals surface area contributed by atoms with Crippen LogP contribution in [0.4, 0.5) is 0 Å². The predicted molar refractivity (Wildman–Crippen MR) is 86.4 cm³/mol. The standard InChI is InChI=1S/C17H29N3O/c1-3-12-20(17(14-18)9-5-4-6-10-17)13-15-8-7-11-19-16(15)21-2/h7-8,11H,3-6,9-10,12-14,18H2,1-2H3. The van der Waals surface area contributed by atoms with E-state index in [0.29, 0.717) is 0 Å². The molecular weight excluding hydrogens is 262 g/mol. The third kappa shape index (κ3) is 3.74. The van der Waals surface area contributed by atoms with Crippen LogP contribution in [0.2, 0.25) is 0 Å². The van der Waals surface area contributed by atoms with Gasteiger partial charge in [-0.25, -0.2) is 4.98 Å². The first-order valence-electron chi connectivity index (χ1n) is 8.19. The van der Waals surface area contributed by atoms with Gasteiger partial charge in [0.1, 0.15) is 0 Å². The summed E-state index contributed by atoms with van der Waals surface area (Å²) in [7, 11) is 1.69. The van der Waals surface area contributed by atoms with E-state index in [0.717, 1.165) is 37.5 Å². The zero-order chi connectivity index (χ0) is 15.1. The molecule has 0 aromatic carbocycles. The Hall–Kier alpha value is -1.13. The number of nitrogens with zero attached hydrogens (tertiary/aromatic N) is 2. The Morgan fingerprint density at radius 3 is 2.71 bits per heavy atom. The van der Waals surface area contributed by atoms with Crippen molar-refractivity contribution in [1.29, 1.82) is 0 Å². The molecule has 1 saturated carbocycles. The number of rotatable bonds is 7. The second-order valence-corrected chi connectivity index (χ2v) is 6.08. The molecule has 1 fully saturated rings. The molecule has 1 aliphatic rings. The van der Waals surface area contributed by atoms with Gasteiger partial charge in [-0.05, 0) is 31.9 Å². The maximum Gasteiger partial charge on any atom is 0.217 e. The summed E-state index contributed by atoms with van der Waals surface area (Å²) in [5, 5.41) is 0. The first kappa shape index (κ1) is 16.2. The summed E-state index contributed by atoms with van der Waals surface area (Å²) in [6.07, 6.45) is 9.29. The first-order chi connectivity index (χ1) is 10.3. The van der Waals surface area contributed by atoms with Gasteiger partial charge in [0.2, 0.25) is 5.88 Å². The van der Waals surface area contributed by atoms with Crippen LogP contribution in [-0.4, -0.2) is 35.6 Å². The van der Waals surface area contributed by atoms with Crippen molar-refractivity contribution in [3.05, 3.63) is 23.9 Å². The number of hydrogen-bond donors (Lipinski definition) is 1. The van der Waals surface area contributed by atoms with E-state index in [1.54, 1.807) is 13.3 Å². The van der Waals surface area contributed by atoms with Crippen LogP contribution >= 0.6 is 0 Å². The maximum atomic E-state index is 6.21. The third-order valence-electron chi connectivity index (χ3n) is 4.73. The molecule has 0 bridgehead atoms. The van der Waals surface area contributed by atoms with Gasteiger partial charge >= 0.3 is 0 Å². The molecule has 1 heterocycles. The Morgan fingerprint density at radius 2 is 2.10 bits per heavy atom. The van der Waals surface area contributed by atoms with E-state index in [2.05, 4.69) is 22.9 Å². The quantitative estimate of drug-likeness (QED) is 0.839. The third-order valence-corrected chi connectivity index (χ3v) is 4.73. The highest BCUT2D eigenvalue weighted by atomic mass is 16.5. The van der Waals surface area contributed by atoms with E-state index in [1.165, 1.54) is 32.1 Å². The van der Waals surface area contributed by atoms with Gasteiger partial charge in [-0.3, -0.25) is 4.90 Å². The average molecular weight is 291 g/mol. The summed E-state index contributed by atoms with van der Waals surface area (Å²) in [4.78, 5) is 6.90. The second-order valence-electron chi connectivity index (χ2n) is 6.08. The van der Waals surface area contributed by atoms with E-state index in [4.69, 9.17) is 10.5 Å². The lowest BCUT2D eigenvalue weighted by molar-refractivity contribution is 0.0487. The van der Waals surface area contributed by atoms with E-state index >= 15 is 0 Å². The van der Waals surface area contributed by atoms with Crippen molar-refractivity contribution in [2.45, 2.75) is 57.5 Å². The molecule has 0 unspecified atom stereocenters. The van der Waals surface area contributed by atoms with Gasteiger partial charge < -0.3 is 10.5 Å². The minimum atomic E-state index is 0.162. The molecule has 0 atom stereocenters. The summed E-state index contributed by atoms with van der Waals surface area (Å²) in [6, 6.07) is 4.10. The van der Waals surface area contributed by atoms with Crippen LogP contribution in [0.1, 0.15) is 51.0 Å². The van der Waals surface area contributed by atoms with Crippen molar-refractivity contribution in [3.63, 3.8) is 0 Å². The Labute approximate surface area is 128 Å². The molecule has 21 heavy (non-hydrogen) atoms. The molecule has 1 aromatic rings. The molecule has 0 aliphatic heterocycles. The smallest absolute Gasteiger partial charge is 0.217 e. The lowest BCUT2D eigenvalue weighted by Gasteiger charge is -2.46. The number of ether oxygens (including phenoxy) is 1. The molecule has 4 nitrogen and oxygen atoms in total. The summed E-state index contributed by atoms with van der Waals surface area (Å²) < 4.78 is 5.41. The van der Waals surface area contributed by atoms with Crippen LogP contribution in [0.15, 0.2) is 18.3 Å². The molecule has 0 saturated heterocycles. The fraction of sp³-hybridized carbons (Fsp3) is 0.706. The van der Waals surface area contributed by atoms with Crippen molar-refractivity contribution in [2.75, 3.05) is 20.2 Å². The van der Waals surface area contributed by atoms with E-state index in [1.807, 2.05) is 6.07 Å². The average Bonchev–Trinajstić information content (AvgIpc) is 2.55. The summed E-state index contributed by atoms with van der Waals surface area (Å²) in [5.74, 6) is 0.738. The van der Waals surface area contributed by atoms with Crippen molar-refractivity contribution in [1.82, 2.24) is 9.88 Å². The van der Waals surface area contributed by atoms with Gasteiger partial charge in [-0.15, -0.1) is 0 Å². The monoisotopic (exact) mass is 291 g/mol. The summed E-state index contributed by atoms with van der Waals surface area (Å²) >= 11 is 0. The summed E-state index contributed by atoms with van der Waals surface area (Å²) in [6.45, 7) is 4.94. The molecule has 2 rings (SSSR count). The maximum absolute atomic E-state index is 6.21. The molecule has 4 heteroatoms. The van der Waals surface area contributed by atoms with Gasteiger partial charge in [-0.2, -0.15) is 0 Å². The molecular formula is C17H29N3O. The number of methoxy groups -OCH3 is 1. The molecule has 0 radical (unpaired) electrons. The van der Waals surface area contributed by atoms with Gasteiger partial charge in [-0.1, -0.05) is 32.3 Å². The summed E-state index contributed by atoms with van der Waals surface area (Å²) in [5.41, 5.74) is 7.53. The van der Waals surface area contributed by atoms with Gasteiger partial charge in [0, 0.05) is 30.4 Å². The Kier molecular flexibility index (Phi) is 6.00. The van der Waals surface area contributed by atoms with Gasteiger partial charge in [0.15, 0.2) is 0 Å². The SMILES string of the molecule is CCCN(Cc1cccnc1OC)C1(CN)CCCCC1. The minimum Gasteiger partial charge on any atom is -0.481 e. The fourth-order valence-corrected chi connectivity index (χ4v) is 3.55. The Morgan fingerprint density at radius 1 is 1.33 bits per heavy atom. The molecule has 2 N–H and O–H groups in total. The zero-order valence-electron chi connectivity index (χ0n) is 13.5. The van der Waals surface area contributed by atoms with E-state index in [-0.39, 0.29) is 5.54 Å². The van der Waals surface area contributed by atoms with Crippen molar-refractivity contribution >= 4 is 0 Å². The Balaban J connectivity index is 2.21. The highest BCUT2D eigenvalue weighted by Crippen LogP contribution is 2.34.